The highest BCUT2D eigenvalue weighted by Crippen LogP contribution is 2.39. The lowest BCUT2D eigenvalue weighted by atomic mass is 10.3. The summed E-state index contributed by atoms with van der Waals surface area (Å²) in [5, 5.41) is 0. The van der Waals surface area contributed by atoms with Gasteiger partial charge in [-0.1, -0.05) is 23.2 Å². The Balaban J connectivity index is 2.19. The number of hydrogen-bond acceptors (Lipinski definition) is 2. The Kier molecular flexibility index (Phi) is 2.63. The van der Waals surface area contributed by atoms with Gasteiger partial charge >= 0.3 is 0 Å². The molecule has 10 heavy (non-hydrogen) atoms. The first-order valence-electron chi connectivity index (χ1n) is 3.42. The van der Waals surface area contributed by atoms with E-state index >= 15 is 0 Å². The first kappa shape index (κ1) is 7.95. The summed E-state index contributed by atoms with van der Waals surface area (Å²) in [5.41, 5.74) is 0. The minimum absolute atomic E-state index is 0.342. The van der Waals surface area contributed by atoms with Gasteiger partial charge in [0.1, 0.15) is 0 Å². The minimum atomic E-state index is -1.84. The Labute approximate surface area is 63.6 Å². The number of hydrogen-bond donors (Lipinski definition) is 0. The molecule has 1 rings (SSSR count). The second-order valence-corrected chi connectivity index (χ2v) is 3.60. The molecule has 2 nitrogen and oxygen atoms in total. The second kappa shape index (κ2) is 3.30. The molecule has 0 N–H and O–H groups in total. The average molecular weight is 159 g/mol. The third kappa shape index (κ3) is 2.23. The van der Waals surface area contributed by atoms with Gasteiger partial charge in [-0.3, -0.25) is 4.21 Å². The van der Waals surface area contributed by atoms with Crippen molar-refractivity contribution >= 4 is 11.1 Å². The molecule has 0 aromatic rings. The molecule has 3 atom stereocenters. The van der Waals surface area contributed by atoms with Gasteiger partial charge in [0.25, 0.3) is 0 Å². The molecule has 0 bridgehead atoms. The Morgan fingerprint density at radius 3 is 3.00 bits per heavy atom. The van der Waals surface area contributed by atoms with Gasteiger partial charge in [-0.2, -0.15) is 0 Å². The molecule has 0 radical (unpaired) electrons. The van der Waals surface area contributed by atoms with Crippen molar-refractivity contribution in [1.29, 1.82) is 0 Å². The zero-order chi connectivity index (χ0) is 7.56. The van der Waals surface area contributed by atoms with Crippen LogP contribution < -0.4 is 0 Å². The van der Waals surface area contributed by atoms with E-state index in [1.807, 2.05) is 13.0 Å². The largest absolute Gasteiger partial charge is 0.772 e. The molecule has 0 spiro atoms. The number of rotatable bonds is 3. The fourth-order valence-corrected chi connectivity index (χ4v) is 1.85. The van der Waals surface area contributed by atoms with E-state index in [0.717, 1.165) is 6.42 Å². The predicted octanol–water partition coefficient (Wildman–Crippen LogP) is 1.08. The fourth-order valence-electron chi connectivity index (χ4n) is 1.12. The van der Waals surface area contributed by atoms with Crippen LogP contribution in [0.25, 0.3) is 0 Å². The van der Waals surface area contributed by atoms with Crippen LogP contribution in [0.3, 0.4) is 0 Å². The lowest BCUT2D eigenvalue weighted by Crippen LogP contribution is -1.97. The molecule has 58 valence electrons. The fraction of sp³-hybridized carbons (Fsp3) is 0.714. The highest BCUT2D eigenvalue weighted by Gasteiger charge is 2.33. The van der Waals surface area contributed by atoms with E-state index in [4.69, 9.17) is 0 Å². The Morgan fingerprint density at radius 2 is 2.50 bits per heavy atom. The van der Waals surface area contributed by atoms with Crippen LogP contribution >= 0.6 is 0 Å². The van der Waals surface area contributed by atoms with Gasteiger partial charge < -0.3 is 4.55 Å². The summed E-state index contributed by atoms with van der Waals surface area (Å²) in [6, 6.07) is 0. The summed E-state index contributed by atoms with van der Waals surface area (Å²) in [4.78, 5) is 0. The number of allylic oxidation sites excluding steroid dienone is 2. The summed E-state index contributed by atoms with van der Waals surface area (Å²) in [6.07, 6.45) is 5.12. The summed E-state index contributed by atoms with van der Waals surface area (Å²) in [5.74, 6) is 1.30. The lowest BCUT2D eigenvalue weighted by Gasteiger charge is -2.00. The first-order valence-corrected chi connectivity index (χ1v) is 4.67. The zero-order valence-electron chi connectivity index (χ0n) is 5.95. The van der Waals surface area contributed by atoms with Gasteiger partial charge in [0.05, 0.1) is 0 Å². The van der Waals surface area contributed by atoms with E-state index in [0.29, 0.717) is 17.6 Å². The van der Waals surface area contributed by atoms with Crippen LogP contribution in [0.15, 0.2) is 12.2 Å². The zero-order valence-corrected chi connectivity index (χ0v) is 6.76. The van der Waals surface area contributed by atoms with E-state index in [-0.39, 0.29) is 0 Å². The molecular formula is C7H11O2S-. The Hall–Kier alpha value is -0.150. The van der Waals surface area contributed by atoms with Gasteiger partial charge in [0.2, 0.25) is 0 Å². The molecule has 0 amide bonds. The first-order chi connectivity index (χ1) is 4.74. The van der Waals surface area contributed by atoms with Crippen LogP contribution in [0.1, 0.15) is 13.3 Å². The van der Waals surface area contributed by atoms with E-state index in [9.17, 15) is 8.76 Å². The van der Waals surface area contributed by atoms with Crippen LogP contribution in [0.5, 0.6) is 0 Å². The van der Waals surface area contributed by atoms with Crippen LogP contribution in [0.2, 0.25) is 0 Å². The van der Waals surface area contributed by atoms with Crippen molar-refractivity contribution in [2.24, 2.45) is 11.8 Å². The highest BCUT2D eigenvalue weighted by molar-refractivity contribution is 7.79. The summed E-state index contributed by atoms with van der Waals surface area (Å²) in [7, 11) is 0. The summed E-state index contributed by atoms with van der Waals surface area (Å²) in [6.45, 7) is 1.96. The maximum atomic E-state index is 10.2. The standard InChI is InChI=1S/C7H12O2S/c1-2-3-6-4-7(6)5-10(8)9/h2-3,6-7H,4-5H2,1H3,(H,8,9)/p-1/b3-2+/t6-,7-/m0/s1. The van der Waals surface area contributed by atoms with Crippen molar-refractivity contribution < 1.29 is 8.76 Å². The smallest absolute Gasteiger partial charge is 0.0136 e. The topological polar surface area (TPSA) is 40.1 Å². The van der Waals surface area contributed by atoms with Gasteiger partial charge in [0.15, 0.2) is 0 Å². The quantitative estimate of drug-likeness (QED) is 0.456. The normalized spacial score (nSPS) is 34.6. The van der Waals surface area contributed by atoms with Crippen LogP contribution in [-0.2, 0) is 11.1 Å². The minimum Gasteiger partial charge on any atom is -0.772 e. The maximum absolute atomic E-state index is 10.2. The highest BCUT2D eigenvalue weighted by atomic mass is 32.2. The Morgan fingerprint density at radius 1 is 1.80 bits per heavy atom. The van der Waals surface area contributed by atoms with Crippen molar-refractivity contribution in [3.8, 4) is 0 Å². The molecule has 0 aromatic carbocycles. The van der Waals surface area contributed by atoms with Crippen LogP contribution in [0.4, 0.5) is 0 Å². The lowest BCUT2D eigenvalue weighted by molar-refractivity contribution is 0.533. The van der Waals surface area contributed by atoms with Gasteiger partial charge in [-0.25, -0.2) is 0 Å². The Bertz CT molecular complexity index is 165. The van der Waals surface area contributed by atoms with Crippen LogP contribution in [-0.4, -0.2) is 14.5 Å². The third-order valence-corrected chi connectivity index (χ3v) is 2.47. The molecule has 1 aliphatic rings. The van der Waals surface area contributed by atoms with E-state index < -0.39 is 11.1 Å². The molecule has 1 fully saturated rings. The molecule has 0 heterocycles. The van der Waals surface area contributed by atoms with Crippen LogP contribution in [0, 0.1) is 11.8 Å². The van der Waals surface area contributed by atoms with Gasteiger partial charge in [0, 0.05) is 5.75 Å². The third-order valence-electron chi connectivity index (χ3n) is 1.77. The van der Waals surface area contributed by atoms with E-state index in [2.05, 4.69) is 6.08 Å². The molecule has 1 saturated carbocycles. The summed E-state index contributed by atoms with van der Waals surface area (Å²) < 4.78 is 20.4. The van der Waals surface area contributed by atoms with Gasteiger partial charge in [-0.15, -0.1) is 0 Å². The monoisotopic (exact) mass is 159 g/mol. The van der Waals surface area contributed by atoms with Crippen molar-refractivity contribution in [3.63, 3.8) is 0 Å². The molecule has 0 saturated heterocycles. The predicted molar refractivity (Wildman–Crippen MR) is 40.2 cm³/mol. The van der Waals surface area contributed by atoms with Gasteiger partial charge in [-0.05, 0) is 25.2 Å². The van der Waals surface area contributed by atoms with Crippen molar-refractivity contribution in [2.75, 3.05) is 5.75 Å². The van der Waals surface area contributed by atoms with Crippen molar-refractivity contribution in [1.82, 2.24) is 0 Å². The second-order valence-electron chi connectivity index (χ2n) is 2.66. The molecule has 1 unspecified atom stereocenters. The molecular weight excluding hydrogens is 148 g/mol. The SMILES string of the molecule is C/C=C/[C@H]1C[C@H]1CS(=O)[O-]. The molecule has 1 aliphatic carbocycles. The van der Waals surface area contributed by atoms with E-state index in [1.54, 1.807) is 0 Å². The molecule has 0 aromatic heterocycles. The molecule has 3 heteroatoms. The summed E-state index contributed by atoms with van der Waals surface area (Å²) >= 11 is -1.84. The average Bonchev–Trinajstić information content (AvgIpc) is 2.47. The molecule has 0 aliphatic heterocycles. The van der Waals surface area contributed by atoms with Crippen molar-refractivity contribution in [2.45, 2.75) is 13.3 Å². The maximum Gasteiger partial charge on any atom is 0.0136 e. The van der Waals surface area contributed by atoms with Crippen molar-refractivity contribution in [3.05, 3.63) is 12.2 Å². The van der Waals surface area contributed by atoms with E-state index in [1.165, 1.54) is 0 Å².